The lowest BCUT2D eigenvalue weighted by molar-refractivity contribution is -0.495. The second-order valence-electron chi connectivity index (χ2n) is 2.82. The first kappa shape index (κ1) is 8.40. The van der Waals surface area contributed by atoms with Gasteiger partial charge in [-0.2, -0.15) is 0 Å². The highest BCUT2D eigenvalue weighted by atomic mass is 32.2. The van der Waals surface area contributed by atoms with E-state index in [9.17, 15) is 8.76 Å². The molecule has 1 aliphatic rings. The fraction of sp³-hybridized carbons (Fsp3) is 0.125. The normalized spacial score (nSPS) is 25.8. The lowest BCUT2D eigenvalue weighted by atomic mass is 10.2. The molecular weight excluding hydrogens is 188 g/mol. The Kier molecular flexibility index (Phi) is 1.71. The minimum Gasteiger partial charge on any atom is -0.293 e. The first-order valence-electron chi connectivity index (χ1n) is 3.76. The van der Waals surface area contributed by atoms with Gasteiger partial charge in [-0.1, -0.05) is 16.8 Å². The standard InChI is InChI=1S/C8H8N2O2S/c1-10-6-7-4-2-3-5-8(7)13(11,12)9-10/h2-6H,1H3/p+1. The lowest BCUT2D eigenvalue weighted by Crippen LogP contribution is -2.14. The molecule has 1 aliphatic heterocycles. The first-order valence-corrected chi connectivity index (χ1v) is 5.23. The van der Waals surface area contributed by atoms with Crippen LogP contribution in [-0.4, -0.2) is 26.7 Å². The highest BCUT2D eigenvalue weighted by molar-refractivity contribution is 7.88. The van der Waals surface area contributed by atoms with E-state index in [1.807, 2.05) is 6.07 Å². The smallest absolute Gasteiger partial charge is 0.253 e. The third kappa shape index (κ3) is 1.36. The summed E-state index contributed by atoms with van der Waals surface area (Å²) in [5.74, 6) is 0. The van der Waals surface area contributed by atoms with Crippen LogP contribution in [-0.2, 0) is 10.0 Å². The van der Waals surface area contributed by atoms with Gasteiger partial charge in [-0.15, -0.1) is 0 Å². The second kappa shape index (κ2) is 2.65. The van der Waals surface area contributed by atoms with Crippen LogP contribution in [0.3, 0.4) is 0 Å². The zero-order valence-corrected chi connectivity index (χ0v) is 7.86. The molecule has 0 fully saturated rings. The van der Waals surface area contributed by atoms with E-state index in [0.29, 0.717) is 4.90 Å². The summed E-state index contributed by atoms with van der Waals surface area (Å²) in [7, 11) is -1.59. The number of benzene rings is 1. The van der Waals surface area contributed by atoms with Gasteiger partial charge in [0.1, 0.15) is 0 Å². The van der Waals surface area contributed by atoms with Crippen LogP contribution in [0.5, 0.6) is 0 Å². The van der Waals surface area contributed by atoms with Crippen molar-refractivity contribution < 1.29 is 13.4 Å². The maximum absolute atomic E-state index is 11.6. The van der Waals surface area contributed by atoms with Gasteiger partial charge >= 0.3 is 0 Å². The molecule has 1 atom stereocenters. The Morgan fingerprint density at radius 2 is 2.15 bits per heavy atom. The highest BCUT2D eigenvalue weighted by Gasteiger charge is 2.21. The van der Waals surface area contributed by atoms with Crippen molar-refractivity contribution in [1.29, 1.82) is 0 Å². The molecular formula is C8H9N2O2S+. The monoisotopic (exact) mass is 197 g/mol. The van der Waals surface area contributed by atoms with E-state index in [-0.39, 0.29) is 0 Å². The van der Waals surface area contributed by atoms with Crippen molar-refractivity contribution in [2.24, 2.45) is 4.47 Å². The zero-order valence-electron chi connectivity index (χ0n) is 7.04. The third-order valence-corrected chi connectivity index (χ3v) is 3.19. The van der Waals surface area contributed by atoms with Crippen molar-refractivity contribution >= 4 is 16.2 Å². The molecule has 4 nitrogen and oxygen atoms in total. The molecule has 0 bridgehead atoms. The van der Waals surface area contributed by atoms with Gasteiger partial charge in [0.15, 0.2) is 7.05 Å². The predicted molar refractivity (Wildman–Crippen MR) is 49.3 cm³/mol. The highest BCUT2D eigenvalue weighted by Crippen LogP contribution is 2.18. The number of hydrogen-bond acceptors (Lipinski definition) is 2. The first-order chi connectivity index (χ1) is 6.09. The molecule has 0 spiro atoms. The predicted octanol–water partition coefficient (Wildman–Crippen LogP) is 0.976. The Hall–Kier alpha value is -1.20. The maximum atomic E-state index is 11.6. The van der Waals surface area contributed by atoms with Crippen LogP contribution in [0.2, 0.25) is 0 Å². The number of rotatable bonds is 0. The Morgan fingerprint density at radius 3 is 2.92 bits per heavy atom. The van der Waals surface area contributed by atoms with Crippen LogP contribution >= 0.6 is 0 Å². The van der Waals surface area contributed by atoms with Crippen molar-refractivity contribution in [3.8, 4) is 0 Å². The minimum absolute atomic E-state index is 0.383. The Morgan fingerprint density at radius 1 is 1.46 bits per heavy atom. The molecule has 1 heterocycles. The summed E-state index contributed by atoms with van der Waals surface area (Å²) >= 11 is 0. The molecule has 0 amide bonds. The molecule has 1 unspecified atom stereocenters. The average Bonchev–Trinajstić information content (AvgIpc) is 2.02. The van der Waals surface area contributed by atoms with E-state index in [1.54, 1.807) is 31.5 Å². The molecule has 1 aromatic carbocycles. The van der Waals surface area contributed by atoms with E-state index in [0.717, 1.165) is 5.56 Å². The van der Waals surface area contributed by atoms with Gasteiger partial charge in [0.05, 0.1) is 14.9 Å². The van der Waals surface area contributed by atoms with Gasteiger partial charge in [0.25, 0.3) is 10.0 Å². The van der Waals surface area contributed by atoms with Gasteiger partial charge in [-0.25, -0.2) is 4.21 Å². The lowest BCUT2D eigenvalue weighted by Gasteiger charge is -2.06. The van der Waals surface area contributed by atoms with Crippen molar-refractivity contribution in [3.05, 3.63) is 29.8 Å². The summed E-state index contributed by atoms with van der Waals surface area (Å²) in [4.78, 5) is 0.383. The van der Waals surface area contributed by atoms with Crippen molar-refractivity contribution in [2.45, 2.75) is 4.90 Å². The van der Waals surface area contributed by atoms with E-state index < -0.39 is 10.0 Å². The Labute approximate surface area is 76.5 Å². The maximum Gasteiger partial charge on any atom is 0.253 e. The van der Waals surface area contributed by atoms with Crippen molar-refractivity contribution in [2.75, 3.05) is 7.05 Å². The van der Waals surface area contributed by atoms with Gasteiger partial charge < -0.3 is 0 Å². The third-order valence-electron chi connectivity index (χ3n) is 1.77. The van der Waals surface area contributed by atoms with E-state index >= 15 is 0 Å². The largest absolute Gasteiger partial charge is 0.293 e. The van der Waals surface area contributed by atoms with Crippen molar-refractivity contribution in [3.63, 3.8) is 0 Å². The summed E-state index contributed by atoms with van der Waals surface area (Å²) in [6, 6.07) is 6.95. The Bertz CT molecular complexity index is 499. The molecule has 1 N–H and O–H groups in total. The van der Waals surface area contributed by atoms with Crippen LogP contribution in [0.1, 0.15) is 5.56 Å². The Balaban J connectivity index is 2.83. The van der Waals surface area contributed by atoms with E-state index in [1.165, 1.54) is 4.68 Å². The van der Waals surface area contributed by atoms with Crippen LogP contribution < -0.4 is 0 Å². The fourth-order valence-corrected chi connectivity index (χ4v) is 2.44. The average molecular weight is 197 g/mol. The molecule has 0 saturated carbocycles. The zero-order chi connectivity index (χ0) is 9.47. The summed E-state index contributed by atoms with van der Waals surface area (Å²) in [6.45, 7) is 0. The molecule has 68 valence electrons. The summed E-state index contributed by atoms with van der Waals surface area (Å²) in [5.41, 5.74) is 0.743. The SMILES string of the molecule is C[N+]1=Cc2ccccc2S(=O)(O)=N1. The molecule has 0 aromatic heterocycles. The van der Waals surface area contributed by atoms with Gasteiger partial charge in [0.2, 0.25) is 6.21 Å². The van der Waals surface area contributed by atoms with Gasteiger partial charge in [-0.3, -0.25) is 4.55 Å². The van der Waals surface area contributed by atoms with Crippen LogP contribution in [0.15, 0.2) is 33.6 Å². The topological polar surface area (TPSA) is 52.7 Å². The molecule has 2 rings (SSSR count). The van der Waals surface area contributed by atoms with E-state index in [4.69, 9.17) is 0 Å². The molecule has 0 aliphatic carbocycles. The summed E-state index contributed by atoms with van der Waals surface area (Å²) < 4.78 is 26.0. The quantitative estimate of drug-likeness (QED) is 0.630. The number of fused-ring (bicyclic) bond motifs is 1. The minimum atomic E-state index is -3.22. The van der Waals surface area contributed by atoms with Crippen LogP contribution in [0.25, 0.3) is 0 Å². The summed E-state index contributed by atoms with van der Waals surface area (Å²) in [5, 5.41) is 0. The summed E-state index contributed by atoms with van der Waals surface area (Å²) in [6.07, 6.45) is 1.72. The molecule has 0 radical (unpaired) electrons. The number of hydrogen-bond donors (Lipinski definition) is 1. The van der Waals surface area contributed by atoms with Gasteiger partial charge in [0, 0.05) is 0 Å². The fourth-order valence-electron chi connectivity index (χ4n) is 1.27. The molecule has 1 aromatic rings. The number of nitrogens with zero attached hydrogens (tertiary/aromatic N) is 2. The van der Waals surface area contributed by atoms with Crippen LogP contribution in [0, 0.1) is 0 Å². The molecule has 5 heteroatoms. The second-order valence-corrected chi connectivity index (χ2v) is 4.42. The molecule has 13 heavy (non-hydrogen) atoms. The van der Waals surface area contributed by atoms with Crippen molar-refractivity contribution in [1.82, 2.24) is 0 Å². The van der Waals surface area contributed by atoms with Gasteiger partial charge in [-0.05, 0) is 12.1 Å². The van der Waals surface area contributed by atoms with Crippen LogP contribution in [0.4, 0.5) is 0 Å². The van der Waals surface area contributed by atoms with E-state index in [2.05, 4.69) is 4.47 Å². The molecule has 0 saturated heterocycles.